The third-order valence-corrected chi connectivity index (χ3v) is 3.33. The van der Waals surface area contributed by atoms with Crippen LogP contribution in [0.2, 0.25) is 0 Å². The Morgan fingerprint density at radius 2 is 1.62 bits per heavy atom. The molecule has 0 aromatic heterocycles. The Labute approximate surface area is 132 Å². The van der Waals surface area contributed by atoms with Gasteiger partial charge in [0.2, 0.25) is 0 Å². The molecule has 0 aliphatic carbocycles. The van der Waals surface area contributed by atoms with Crippen LogP contribution >= 0.6 is 15.9 Å². The summed E-state index contributed by atoms with van der Waals surface area (Å²) in [6.07, 6.45) is 0.628. The quantitative estimate of drug-likeness (QED) is 0.774. The highest BCUT2D eigenvalue weighted by Gasteiger charge is 2.02. The van der Waals surface area contributed by atoms with Gasteiger partial charge >= 0.3 is 0 Å². The van der Waals surface area contributed by atoms with Gasteiger partial charge < -0.3 is 15.2 Å². The third-order valence-electron chi connectivity index (χ3n) is 2.80. The van der Waals surface area contributed by atoms with E-state index in [1.807, 2.05) is 24.3 Å². The molecule has 2 aromatic carbocycles. The summed E-state index contributed by atoms with van der Waals surface area (Å²) >= 11 is 3.36. The van der Waals surface area contributed by atoms with Crippen LogP contribution in [0.1, 0.15) is 5.56 Å². The van der Waals surface area contributed by atoms with Crippen LogP contribution in [0.4, 0.5) is 4.39 Å². The van der Waals surface area contributed by atoms with Crippen molar-refractivity contribution in [3.63, 3.8) is 0 Å². The molecule has 0 amide bonds. The van der Waals surface area contributed by atoms with Crippen molar-refractivity contribution < 1.29 is 13.9 Å². The first kappa shape index (κ1) is 15.8. The lowest BCUT2D eigenvalue weighted by atomic mass is 10.1. The standard InChI is InChI=1S/C16H17BrFNO2/c17-13-1-3-15(4-2-13)20-7-8-21-16-10-12(5-6-19)9-14(18)11-16/h1-4,9-11H,5-8,19H2. The zero-order valence-electron chi connectivity index (χ0n) is 11.5. The summed E-state index contributed by atoms with van der Waals surface area (Å²) < 4.78 is 25.4. The van der Waals surface area contributed by atoms with Crippen molar-refractivity contribution in [2.24, 2.45) is 5.73 Å². The van der Waals surface area contributed by atoms with Gasteiger partial charge in [-0.3, -0.25) is 0 Å². The Morgan fingerprint density at radius 1 is 0.952 bits per heavy atom. The van der Waals surface area contributed by atoms with Gasteiger partial charge in [0.25, 0.3) is 0 Å². The van der Waals surface area contributed by atoms with Gasteiger partial charge in [-0.2, -0.15) is 0 Å². The first-order valence-corrected chi connectivity index (χ1v) is 7.47. The number of hydrogen-bond acceptors (Lipinski definition) is 3. The Balaban J connectivity index is 1.81. The molecule has 0 saturated heterocycles. The Kier molecular flexibility index (Phi) is 6.02. The van der Waals surface area contributed by atoms with Gasteiger partial charge in [0.15, 0.2) is 0 Å². The minimum Gasteiger partial charge on any atom is -0.490 e. The first-order chi connectivity index (χ1) is 10.2. The fourth-order valence-electron chi connectivity index (χ4n) is 1.86. The van der Waals surface area contributed by atoms with Gasteiger partial charge in [0.1, 0.15) is 30.5 Å². The van der Waals surface area contributed by atoms with Crippen molar-refractivity contribution in [1.29, 1.82) is 0 Å². The predicted octanol–water partition coefficient (Wildman–Crippen LogP) is 3.55. The number of ether oxygens (including phenoxy) is 2. The molecule has 0 unspecified atom stereocenters. The van der Waals surface area contributed by atoms with Gasteiger partial charge in [-0.1, -0.05) is 15.9 Å². The fourth-order valence-corrected chi connectivity index (χ4v) is 2.13. The lowest BCUT2D eigenvalue weighted by molar-refractivity contribution is 0.216. The van der Waals surface area contributed by atoms with Crippen LogP contribution in [0.15, 0.2) is 46.9 Å². The minimum atomic E-state index is -0.315. The van der Waals surface area contributed by atoms with Crippen molar-refractivity contribution in [2.75, 3.05) is 19.8 Å². The normalized spacial score (nSPS) is 10.4. The van der Waals surface area contributed by atoms with E-state index in [1.165, 1.54) is 12.1 Å². The molecule has 0 atom stereocenters. The summed E-state index contributed by atoms with van der Waals surface area (Å²) in [6, 6.07) is 12.2. The molecule has 2 rings (SSSR count). The number of hydrogen-bond donors (Lipinski definition) is 1. The zero-order chi connectivity index (χ0) is 15.1. The fraction of sp³-hybridized carbons (Fsp3) is 0.250. The Hall–Kier alpha value is -1.59. The monoisotopic (exact) mass is 353 g/mol. The third kappa shape index (κ3) is 5.36. The highest BCUT2D eigenvalue weighted by molar-refractivity contribution is 9.10. The van der Waals surface area contributed by atoms with E-state index in [9.17, 15) is 4.39 Å². The van der Waals surface area contributed by atoms with Gasteiger partial charge in [-0.05, 0) is 54.9 Å². The van der Waals surface area contributed by atoms with Crippen molar-refractivity contribution in [2.45, 2.75) is 6.42 Å². The number of halogens is 2. The van der Waals surface area contributed by atoms with Crippen LogP contribution in [0.5, 0.6) is 11.5 Å². The van der Waals surface area contributed by atoms with Crippen LogP contribution < -0.4 is 15.2 Å². The molecule has 0 aliphatic heterocycles. The van der Waals surface area contributed by atoms with Crippen molar-refractivity contribution in [1.82, 2.24) is 0 Å². The second-order valence-corrected chi connectivity index (χ2v) is 5.40. The van der Waals surface area contributed by atoms with Crippen LogP contribution in [0.25, 0.3) is 0 Å². The van der Waals surface area contributed by atoms with Gasteiger partial charge in [0, 0.05) is 10.5 Å². The summed E-state index contributed by atoms with van der Waals surface area (Å²) in [5.74, 6) is 0.951. The molecule has 2 aromatic rings. The molecule has 0 heterocycles. The first-order valence-electron chi connectivity index (χ1n) is 6.68. The average molecular weight is 354 g/mol. The molecule has 21 heavy (non-hydrogen) atoms. The maximum absolute atomic E-state index is 13.4. The molecule has 3 nitrogen and oxygen atoms in total. The second-order valence-electron chi connectivity index (χ2n) is 4.48. The Bertz CT molecular complexity index is 575. The van der Waals surface area contributed by atoms with E-state index in [0.29, 0.717) is 31.9 Å². The minimum absolute atomic E-state index is 0.315. The molecule has 0 saturated carbocycles. The SMILES string of the molecule is NCCc1cc(F)cc(OCCOc2ccc(Br)cc2)c1. The molecule has 5 heteroatoms. The highest BCUT2D eigenvalue weighted by atomic mass is 79.9. The molecule has 0 fully saturated rings. The highest BCUT2D eigenvalue weighted by Crippen LogP contribution is 2.18. The molecule has 112 valence electrons. The number of benzene rings is 2. The van der Waals surface area contributed by atoms with E-state index in [1.54, 1.807) is 6.07 Å². The maximum atomic E-state index is 13.4. The van der Waals surface area contributed by atoms with Crippen LogP contribution in [0, 0.1) is 5.82 Å². The second kappa shape index (κ2) is 8.00. The number of nitrogens with two attached hydrogens (primary N) is 1. The largest absolute Gasteiger partial charge is 0.490 e. The Morgan fingerprint density at radius 3 is 2.29 bits per heavy atom. The molecular formula is C16H17BrFNO2. The summed E-state index contributed by atoms with van der Waals surface area (Å²) in [6.45, 7) is 1.22. The smallest absolute Gasteiger partial charge is 0.127 e. The topological polar surface area (TPSA) is 44.5 Å². The lowest BCUT2D eigenvalue weighted by Gasteiger charge is -2.10. The molecule has 0 bridgehead atoms. The van der Waals surface area contributed by atoms with E-state index < -0.39 is 0 Å². The summed E-state index contributed by atoms with van der Waals surface area (Å²) in [5, 5.41) is 0. The van der Waals surface area contributed by atoms with Crippen molar-refractivity contribution in [3.8, 4) is 11.5 Å². The van der Waals surface area contributed by atoms with Crippen LogP contribution in [-0.4, -0.2) is 19.8 Å². The molecule has 0 spiro atoms. The lowest BCUT2D eigenvalue weighted by Crippen LogP contribution is -2.09. The molecule has 2 N–H and O–H groups in total. The van der Waals surface area contributed by atoms with Crippen LogP contribution in [0.3, 0.4) is 0 Å². The molecule has 0 aliphatic rings. The summed E-state index contributed by atoms with van der Waals surface area (Å²) in [4.78, 5) is 0. The molecular weight excluding hydrogens is 337 g/mol. The van der Waals surface area contributed by atoms with E-state index in [0.717, 1.165) is 15.8 Å². The summed E-state index contributed by atoms with van der Waals surface area (Å²) in [7, 11) is 0. The van der Waals surface area contributed by atoms with Gasteiger partial charge in [0.05, 0.1) is 0 Å². The van der Waals surface area contributed by atoms with E-state index in [4.69, 9.17) is 15.2 Å². The zero-order valence-corrected chi connectivity index (χ0v) is 13.1. The van der Waals surface area contributed by atoms with E-state index in [2.05, 4.69) is 15.9 Å². The summed E-state index contributed by atoms with van der Waals surface area (Å²) in [5.41, 5.74) is 6.31. The average Bonchev–Trinajstić information content (AvgIpc) is 2.45. The van der Waals surface area contributed by atoms with E-state index in [-0.39, 0.29) is 5.82 Å². The van der Waals surface area contributed by atoms with Crippen LogP contribution in [-0.2, 0) is 6.42 Å². The number of rotatable bonds is 7. The van der Waals surface area contributed by atoms with Crippen molar-refractivity contribution >= 4 is 15.9 Å². The van der Waals surface area contributed by atoms with Gasteiger partial charge in [-0.25, -0.2) is 4.39 Å². The molecule has 0 radical (unpaired) electrons. The predicted molar refractivity (Wildman–Crippen MR) is 84.3 cm³/mol. The maximum Gasteiger partial charge on any atom is 0.127 e. The van der Waals surface area contributed by atoms with E-state index >= 15 is 0 Å². The van der Waals surface area contributed by atoms with Crippen molar-refractivity contribution in [3.05, 3.63) is 58.3 Å². The van der Waals surface area contributed by atoms with Gasteiger partial charge in [-0.15, -0.1) is 0 Å².